The Hall–Kier alpha value is -0.760. The number of fused-ring (bicyclic) bond motifs is 1. The number of aromatic nitrogens is 2. The van der Waals surface area contributed by atoms with Crippen LogP contribution in [-0.4, -0.2) is 9.55 Å². The number of hydrogen-bond acceptors (Lipinski definition) is 1. The first-order valence-electron chi connectivity index (χ1n) is 5.06. The SMILES string of the molecule is C=C(Cl)Cn1c(C)nc2c1CCCC2. The van der Waals surface area contributed by atoms with Crippen molar-refractivity contribution < 1.29 is 0 Å². The molecule has 0 amide bonds. The largest absolute Gasteiger partial charge is 0.327 e. The molecule has 1 aliphatic carbocycles. The van der Waals surface area contributed by atoms with E-state index in [1.54, 1.807) is 0 Å². The first-order chi connectivity index (χ1) is 6.68. The van der Waals surface area contributed by atoms with Crippen LogP contribution >= 0.6 is 11.6 Å². The molecule has 0 atom stereocenters. The van der Waals surface area contributed by atoms with Gasteiger partial charge in [-0.05, 0) is 32.6 Å². The summed E-state index contributed by atoms with van der Waals surface area (Å²) in [6.07, 6.45) is 4.80. The summed E-state index contributed by atoms with van der Waals surface area (Å²) in [5.74, 6) is 1.07. The van der Waals surface area contributed by atoms with E-state index in [0.717, 1.165) is 18.7 Å². The van der Waals surface area contributed by atoms with Gasteiger partial charge in [0.25, 0.3) is 0 Å². The van der Waals surface area contributed by atoms with Gasteiger partial charge in [0, 0.05) is 10.7 Å². The topological polar surface area (TPSA) is 17.8 Å². The summed E-state index contributed by atoms with van der Waals surface area (Å²) in [5.41, 5.74) is 2.64. The van der Waals surface area contributed by atoms with Gasteiger partial charge in [-0.15, -0.1) is 0 Å². The Kier molecular flexibility index (Phi) is 2.64. The Balaban J connectivity index is 2.37. The maximum absolute atomic E-state index is 5.84. The van der Waals surface area contributed by atoms with Crippen molar-refractivity contribution >= 4 is 11.6 Å². The first-order valence-corrected chi connectivity index (χ1v) is 5.44. The van der Waals surface area contributed by atoms with Crippen LogP contribution in [0.15, 0.2) is 11.6 Å². The predicted molar refractivity (Wildman–Crippen MR) is 58.6 cm³/mol. The zero-order chi connectivity index (χ0) is 10.1. The minimum absolute atomic E-state index is 0.680. The molecule has 0 aliphatic heterocycles. The van der Waals surface area contributed by atoms with Gasteiger partial charge in [0.05, 0.1) is 12.2 Å². The number of allylic oxidation sites excluding steroid dienone is 1. The lowest BCUT2D eigenvalue weighted by Gasteiger charge is -2.14. The van der Waals surface area contributed by atoms with Crippen molar-refractivity contribution in [3.05, 3.63) is 28.8 Å². The van der Waals surface area contributed by atoms with Crippen molar-refractivity contribution in [1.82, 2.24) is 9.55 Å². The molecular weight excluding hydrogens is 196 g/mol. The standard InChI is InChI=1S/C11H15ClN2/c1-8(12)7-14-9(2)13-10-5-3-4-6-11(10)14/h1,3-7H2,2H3. The summed E-state index contributed by atoms with van der Waals surface area (Å²) in [7, 11) is 0. The highest BCUT2D eigenvalue weighted by atomic mass is 35.5. The molecule has 14 heavy (non-hydrogen) atoms. The monoisotopic (exact) mass is 210 g/mol. The summed E-state index contributed by atoms with van der Waals surface area (Å²) >= 11 is 5.84. The van der Waals surface area contributed by atoms with Crippen LogP contribution in [0.25, 0.3) is 0 Å². The lowest BCUT2D eigenvalue weighted by Crippen LogP contribution is -2.09. The van der Waals surface area contributed by atoms with Gasteiger partial charge in [-0.1, -0.05) is 18.2 Å². The Labute approximate surface area is 89.6 Å². The van der Waals surface area contributed by atoms with Crippen LogP contribution in [0, 0.1) is 6.92 Å². The normalized spacial score (nSPS) is 15.3. The highest BCUT2D eigenvalue weighted by molar-refractivity contribution is 6.29. The molecule has 76 valence electrons. The van der Waals surface area contributed by atoms with Gasteiger partial charge in [-0.2, -0.15) is 0 Å². The number of rotatable bonds is 2. The van der Waals surface area contributed by atoms with Gasteiger partial charge in [0.15, 0.2) is 0 Å². The quantitative estimate of drug-likeness (QED) is 0.734. The van der Waals surface area contributed by atoms with E-state index >= 15 is 0 Å². The average molecular weight is 211 g/mol. The minimum Gasteiger partial charge on any atom is -0.327 e. The molecular formula is C11H15ClN2. The summed E-state index contributed by atoms with van der Waals surface area (Å²) in [5, 5.41) is 0.680. The lowest BCUT2D eigenvalue weighted by molar-refractivity contribution is 0.627. The van der Waals surface area contributed by atoms with Crippen LogP contribution in [0.2, 0.25) is 0 Å². The smallest absolute Gasteiger partial charge is 0.106 e. The molecule has 1 aliphatic rings. The molecule has 0 unspecified atom stereocenters. The van der Waals surface area contributed by atoms with Crippen LogP contribution in [-0.2, 0) is 19.4 Å². The van der Waals surface area contributed by atoms with Gasteiger partial charge >= 0.3 is 0 Å². The van der Waals surface area contributed by atoms with E-state index in [9.17, 15) is 0 Å². The van der Waals surface area contributed by atoms with Crippen LogP contribution in [0.4, 0.5) is 0 Å². The van der Waals surface area contributed by atoms with E-state index in [-0.39, 0.29) is 0 Å². The molecule has 2 nitrogen and oxygen atoms in total. The summed E-state index contributed by atoms with van der Waals surface area (Å²) < 4.78 is 2.20. The molecule has 1 aromatic heterocycles. The molecule has 1 heterocycles. The zero-order valence-electron chi connectivity index (χ0n) is 8.52. The van der Waals surface area contributed by atoms with Gasteiger partial charge in [-0.3, -0.25) is 0 Å². The molecule has 0 saturated carbocycles. The fourth-order valence-electron chi connectivity index (χ4n) is 2.12. The van der Waals surface area contributed by atoms with Crippen LogP contribution in [0.5, 0.6) is 0 Å². The van der Waals surface area contributed by atoms with Gasteiger partial charge in [-0.25, -0.2) is 4.98 Å². The number of hydrogen-bond donors (Lipinski definition) is 0. The molecule has 0 saturated heterocycles. The van der Waals surface area contributed by atoms with E-state index < -0.39 is 0 Å². The molecule has 0 N–H and O–H groups in total. The van der Waals surface area contributed by atoms with Crippen molar-refractivity contribution in [2.24, 2.45) is 0 Å². The van der Waals surface area contributed by atoms with E-state index in [4.69, 9.17) is 11.6 Å². The Bertz CT molecular complexity index is 366. The third-order valence-corrected chi connectivity index (χ3v) is 2.87. The summed E-state index contributed by atoms with van der Waals surface area (Å²) in [6, 6.07) is 0. The average Bonchev–Trinajstić information content (AvgIpc) is 2.43. The number of imidazole rings is 1. The van der Waals surface area contributed by atoms with E-state index in [2.05, 4.69) is 16.1 Å². The number of halogens is 1. The fourth-order valence-corrected chi connectivity index (χ4v) is 2.24. The molecule has 0 radical (unpaired) electrons. The van der Waals surface area contributed by atoms with Crippen LogP contribution < -0.4 is 0 Å². The highest BCUT2D eigenvalue weighted by Gasteiger charge is 2.17. The van der Waals surface area contributed by atoms with Crippen molar-refractivity contribution in [3.63, 3.8) is 0 Å². The molecule has 0 bridgehead atoms. The second-order valence-corrected chi connectivity index (χ2v) is 4.40. The van der Waals surface area contributed by atoms with Crippen molar-refractivity contribution in [2.45, 2.75) is 39.2 Å². The maximum atomic E-state index is 5.84. The number of nitrogens with zero attached hydrogens (tertiary/aromatic N) is 2. The van der Waals surface area contributed by atoms with E-state index in [0.29, 0.717) is 11.6 Å². The highest BCUT2D eigenvalue weighted by Crippen LogP contribution is 2.23. The summed E-state index contributed by atoms with van der Waals surface area (Å²) in [4.78, 5) is 4.57. The molecule has 0 spiro atoms. The minimum atomic E-state index is 0.680. The van der Waals surface area contributed by atoms with Crippen LogP contribution in [0.3, 0.4) is 0 Å². The van der Waals surface area contributed by atoms with Crippen LogP contribution in [0.1, 0.15) is 30.1 Å². The predicted octanol–water partition coefficient (Wildman–Crippen LogP) is 2.82. The Morgan fingerprint density at radius 1 is 1.50 bits per heavy atom. The third-order valence-electron chi connectivity index (χ3n) is 2.75. The fraction of sp³-hybridized carbons (Fsp3) is 0.545. The van der Waals surface area contributed by atoms with Gasteiger partial charge in [0.2, 0.25) is 0 Å². The molecule has 0 fully saturated rings. The summed E-state index contributed by atoms with van der Waals surface area (Å²) in [6.45, 7) is 6.48. The molecule has 3 heteroatoms. The number of aryl methyl sites for hydroxylation is 2. The lowest BCUT2D eigenvalue weighted by atomic mass is 10.0. The van der Waals surface area contributed by atoms with Gasteiger partial charge in [0.1, 0.15) is 5.82 Å². The van der Waals surface area contributed by atoms with E-state index in [1.165, 1.54) is 24.2 Å². The second kappa shape index (κ2) is 3.77. The van der Waals surface area contributed by atoms with Crippen molar-refractivity contribution in [3.8, 4) is 0 Å². The first kappa shape index (κ1) is 9.78. The van der Waals surface area contributed by atoms with Crippen molar-refractivity contribution in [1.29, 1.82) is 0 Å². The maximum Gasteiger partial charge on any atom is 0.106 e. The Morgan fingerprint density at radius 2 is 2.21 bits per heavy atom. The van der Waals surface area contributed by atoms with Crippen molar-refractivity contribution in [2.75, 3.05) is 0 Å². The molecule has 2 rings (SSSR count). The molecule has 1 aromatic rings. The van der Waals surface area contributed by atoms with Gasteiger partial charge < -0.3 is 4.57 Å². The van der Waals surface area contributed by atoms with E-state index in [1.807, 2.05) is 6.92 Å². The third kappa shape index (κ3) is 1.71. The second-order valence-electron chi connectivity index (χ2n) is 3.86. The molecule has 0 aromatic carbocycles. The Morgan fingerprint density at radius 3 is 2.93 bits per heavy atom. The zero-order valence-corrected chi connectivity index (χ0v) is 9.27.